The van der Waals surface area contributed by atoms with E-state index in [1.54, 1.807) is 7.11 Å². The molecular formula is C19H29ClN4O. The molecule has 138 valence electrons. The number of methoxy groups -OCH3 is 1. The summed E-state index contributed by atoms with van der Waals surface area (Å²) < 4.78 is 5.29. The molecule has 1 aliphatic carbocycles. The summed E-state index contributed by atoms with van der Waals surface area (Å²) in [6.07, 6.45) is 2.64. The van der Waals surface area contributed by atoms with Crippen LogP contribution in [-0.2, 0) is 6.54 Å². The summed E-state index contributed by atoms with van der Waals surface area (Å²) in [5.41, 5.74) is 8.31. The van der Waals surface area contributed by atoms with Crippen molar-refractivity contribution >= 4 is 11.6 Å². The second-order valence-corrected chi connectivity index (χ2v) is 8.20. The van der Waals surface area contributed by atoms with Crippen LogP contribution in [0.4, 0.5) is 0 Å². The van der Waals surface area contributed by atoms with Gasteiger partial charge in [0.25, 0.3) is 0 Å². The first kappa shape index (κ1) is 17.6. The highest BCUT2D eigenvalue weighted by Crippen LogP contribution is 2.42. The molecule has 2 aliphatic heterocycles. The van der Waals surface area contributed by atoms with Crippen molar-refractivity contribution in [2.24, 2.45) is 11.8 Å². The first-order valence-corrected chi connectivity index (χ1v) is 9.86. The van der Waals surface area contributed by atoms with E-state index < -0.39 is 0 Å². The van der Waals surface area contributed by atoms with Gasteiger partial charge >= 0.3 is 0 Å². The van der Waals surface area contributed by atoms with Crippen LogP contribution in [0.1, 0.15) is 25.3 Å². The largest absolute Gasteiger partial charge is 0.497 e. The van der Waals surface area contributed by atoms with Gasteiger partial charge in [0.1, 0.15) is 5.75 Å². The Bertz CT molecular complexity index is 583. The van der Waals surface area contributed by atoms with Crippen molar-refractivity contribution in [2.75, 3.05) is 26.9 Å². The molecule has 1 aromatic carbocycles. The molecule has 1 saturated carbocycles. The summed E-state index contributed by atoms with van der Waals surface area (Å²) in [7, 11) is 1.71. The van der Waals surface area contributed by atoms with Crippen LogP contribution in [0.2, 0.25) is 0 Å². The summed E-state index contributed by atoms with van der Waals surface area (Å²) in [5, 5.41) is 0.290. The van der Waals surface area contributed by atoms with Gasteiger partial charge in [0, 0.05) is 30.4 Å². The van der Waals surface area contributed by atoms with Crippen LogP contribution in [0, 0.1) is 11.8 Å². The molecule has 0 amide bonds. The molecule has 2 N–H and O–H groups in total. The average molecular weight is 365 g/mol. The summed E-state index contributed by atoms with van der Waals surface area (Å²) in [6, 6.07) is 9.02. The number of benzene rings is 1. The highest BCUT2D eigenvalue weighted by Gasteiger charge is 2.50. The highest BCUT2D eigenvalue weighted by atomic mass is 35.5. The molecule has 25 heavy (non-hydrogen) atoms. The molecule has 3 aliphatic rings. The molecule has 0 aromatic heterocycles. The van der Waals surface area contributed by atoms with Gasteiger partial charge in [-0.05, 0) is 43.0 Å². The van der Waals surface area contributed by atoms with E-state index >= 15 is 0 Å². The monoisotopic (exact) mass is 364 g/mol. The molecule has 0 bridgehead atoms. The lowest BCUT2D eigenvalue weighted by Gasteiger charge is -2.58. The Labute approximate surface area is 155 Å². The maximum atomic E-state index is 6.65. The number of hydrogen-bond donors (Lipinski definition) is 2. The predicted octanol–water partition coefficient (Wildman–Crippen LogP) is 2.23. The van der Waals surface area contributed by atoms with Gasteiger partial charge in [-0.1, -0.05) is 19.1 Å². The Hall–Kier alpha value is -0.850. The van der Waals surface area contributed by atoms with Crippen LogP contribution >= 0.6 is 11.6 Å². The molecule has 5 nitrogen and oxygen atoms in total. The Morgan fingerprint density at radius 1 is 1.20 bits per heavy atom. The molecule has 2 heterocycles. The molecular weight excluding hydrogens is 336 g/mol. The Balaban J connectivity index is 1.57. The first-order valence-electron chi connectivity index (χ1n) is 9.43. The fourth-order valence-corrected chi connectivity index (χ4v) is 5.39. The second-order valence-electron chi connectivity index (χ2n) is 7.58. The summed E-state index contributed by atoms with van der Waals surface area (Å²) in [4.78, 5) is 5.19. The lowest BCUT2D eigenvalue weighted by Crippen LogP contribution is -2.73. The lowest BCUT2D eigenvalue weighted by atomic mass is 9.71. The van der Waals surface area contributed by atoms with Crippen LogP contribution < -0.4 is 15.6 Å². The zero-order valence-corrected chi connectivity index (χ0v) is 15.9. The van der Waals surface area contributed by atoms with Crippen molar-refractivity contribution in [1.29, 1.82) is 0 Å². The van der Waals surface area contributed by atoms with Crippen molar-refractivity contribution in [3.05, 3.63) is 29.8 Å². The van der Waals surface area contributed by atoms with Crippen molar-refractivity contribution < 1.29 is 4.74 Å². The summed E-state index contributed by atoms with van der Waals surface area (Å²) in [5.74, 6) is 2.21. The minimum atomic E-state index is 0.290. The minimum Gasteiger partial charge on any atom is -0.497 e. The van der Waals surface area contributed by atoms with E-state index in [2.05, 4.69) is 51.8 Å². The molecule has 1 aromatic rings. The van der Waals surface area contributed by atoms with Gasteiger partial charge in [-0.2, -0.15) is 0 Å². The van der Waals surface area contributed by atoms with Crippen LogP contribution in [0.25, 0.3) is 0 Å². The summed E-state index contributed by atoms with van der Waals surface area (Å²) in [6.45, 7) is 6.29. The van der Waals surface area contributed by atoms with E-state index in [0.717, 1.165) is 44.9 Å². The topological polar surface area (TPSA) is 39.8 Å². The standard InChI is InChI=1S/C19H29ClN4O/c1-3-23-12-24(11-13-4-6-16(25-2)7-5-13)17-9-15(20)8-14-10-21-22-19(23)18(14)17/h4-7,14-15,17-19,21-22H,3,8-12H2,1-2H3. The summed E-state index contributed by atoms with van der Waals surface area (Å²) >= 11 is 6.65. The predicted molar refractivity (Wildman–Crippen MR) is 100 cm³/mol. The zero-order chi connectivity index (χ0) is 17.4. The van der Waals surface area contributed by atoms with Crippen molar-refractivity contribution in [2.45, 2.75) is 43.9 Å². The number of halogens is 1. The maximum absolute atomic E-state index is 6.65. The lowest BCUT2D eigenvalue weighted by molar-refractivity contribution is -0.116. The number of nitrogens with zero attached hydrogens (tertiary/aromatic N) is 2. The third-order valence-electron chi connectivity index (χ3n) is 6.20. The van der Waals surface area contributed by atoms with Gasteiger partial charge in [-0.15, -0.1) is 11.6 Å². The van der Waals surface area contributed by atoms with E-state index in [1.165, 1.54) is 5.56 Å². The fourth-order valence-electron chi connectivity index (χ4n) is 4.98. The van der Waals surface area contributed by atoms with E-state index in [1.807, 2.05) is 0 Å². The number of rotatable bonds is 4. The van der Waals surface area contributed by atoms with Crippen LogP contribution in [0.3, 0.4) is 0 Å². The van der Waals surface area contributed by atoms with E-state index in [9.17, 15) is 0 Å². The third-order valence-corrected chi connectivity index (χ3v) is 6.56. The second kappa shape index (κ2) is 7.41. The fraction of sp³-hybridized carbons (Fsp3) is 0.684. The zero-order valence-electron chi connectivity index (χ0n) is 15.1. The van der Waals surface area contributed by atoms with E-state index in [0.29, 0.717) is 29.4 Å². The molecule has 0 radical (unpaired) electrons. The third kappa shape index (κ3) is 3.40. The maximum Gasteiger partial charge on any atom is 0.118 e. The molecule has 5 atom stereocenters. The highest BCUT2D eigenvalue weighted by molar-refractivity contribution is 6.20. The van der Waals surface area contributed by atoms with Crippen molar-refractivity contribution in [1.82, 2.24) is 20.7 Å². The van der Waals surface area contributed by atoms with Crippen molar-refractivity contribution in [3.63, 3.8) is 0 Å². The van der Waals surface area contributed by atoms with Gasteiger partial charge in [0.05, 0.1) is 19.9 Å². The number of alkyl halides is 1. The number of nitrogens with one attached hydrogen (secondary N) is 2. The van der Waals surface area contributed by atoms with Crippen molar-refractivity contribution in [3.8, 4) is 5.75 Å². The van der Waals surface area contributed by atoms with Crippen LogP contribution in [0.15, 0.2) is 24.3 Å². The Morgan fingerprint density at radius 3 is 2.72 bits per heavy atom. The van der Waals surface area contributed by atoms with Gasteiger partial charge in [-0.3, -0.25) is 15.2 Å². The molecule has 0 spiro atoms. The quantitative estimate of drug-likeness (QED) is 0.802. The van der Waals surface area contributed by atoms with Gasteiger partial charge in [0.2, 0.25) is 0 Å². The molecule has 5 unspecified atom stereocenters. The van der Waals surface area contributed by atoms with Gasteiger partial charge in [0.15, 0.2) is 0 Å². The average Bonchev–Trinajstić information content (AvgIpc) is 2.64. The normalized spacial score (nSPS) is 36.0. The Morgan fingerprint density at radius 2 is 2.00 bits per heavy atom. The smallest absolute Gasteiger partial charge is 0.118 e. The molecule has 2 saturated heterocycles. The Kier molecular flexibility index (Phi) is 5.20. The van der Waals surface area contributed by atoms with E-state index in [4.69, 9.17) is 16.3 Å². The van der Waals surface area contributed by atoms with Crippen LogP contribution in [0.5, 0.6) is 5.75 Å². The molecule has 4 rings (SSSR count). The van der Waals surface area contributed by atoms with Crippen LogP contribution in [-0.4, -0.2) is 54.3 Å². The minimum absolute atomic E-state index is 0.290. The number of hydrazine groups is 1. The van der Waals surface area contributed by atoms with E-state index in [-0.39, 0.29) is 0 Å². The number of ether oxygens (including phenoxy) is 1. The SMILES string of the molecule is CCN1CN(Cc2ccc(OC)cc2)C2CC(Cl)CC3CNNC1C32. The first-order chi connectivity index (χ1) is 12.2. The van der Waals surface area contributed by atoms with Gasteiger partial charge < -0.3 is 4.74 Å². The number of hydrogen-bond acceptors (Lipinski definition) is 5. The molecule has 6 heteroatoms. The van der Waals surface area contributed by atoms with Gasteiger partial charge in [-0.25, -0.2) is 5.43 Å². The molecule has 3 fully saturated rings.